The zero-order valence-corrected chi connectivity index (χ0v) is 16.1. The lowest BCUT2D eigenvalue weighted by atomic mass is 10.1. The highest BCUT2D eigenvalue weighted by Gasteiger charge is 2.16. The zero-order valence-electron chi connectivity index (χ0n) is 15.3. The van der Waals surface area contributed by atoms with Gasteiger partial charge in [-0.1, -0.05) is 12.1 Å². The van der Waals surface area contributed by atoms with Gasteiger partial charge in [0.1, 0.15) is 6.07 Å². The number of carbonyl (C=O) groups is 1. The molecular weight excluding hydrogens is 394 g/mol. The number of nitrogens with one attached hydrogen (secondary N) is 2. The van der Waals surface area contributed by atoms with E-state index in [2.05, 4.69) is 25.7 Å². The fourth-order valence-electron chi connectivity index (χ4n) is 2.83. The van der Waals surface area contributed by atoms with Crippen LogP contribution in [-0.2, 0) is 4.74 Å². The van der Waals surface area contributed by atoms with Gasteiger partial charge in [-0.25, -0.2) is 14.6 Å². The van der Waals surface area contributed by atoms with Crippen LogP contribution in [-0.4, -0.2) is 45.4 Å². The van der Waals surface area contributed by atoms with Crippen LogP contribution >= 0.6 is 12.4 Å². The van der Waals surface area contributed by atoms with Gasteiger partial charge in [-0.05, 0) is 17.7 Å². The molecule has 9 nitrogen and oxygen atoms in total. The normalized spacial score (nSPS) is 15.8. The molecule has 1 saturated heterocycles. The largest absolute Gasteiger partial charge is 0.371 e. The first-order chi connectivity index (χ1) is 13.7. The van der Waals surface area contributed by atoms with E-state index in [1.54, 1.807) is 6.20 Å². The van der Waals surface area contributed by atoms with Gasteiger partial charge in [0.2, 0.25) is 0 Å². The van der Waals surface area contributed by atoms with Crippen LogP contribution in [0.2, 0.25) is 0 Å². The Hall–Kier alpha value is -3.32. The van der Waals surface area contributed by atoms with Crippen LogP contribution in [0.25, 0.3) is 5.82 Å². The third-order valence-electron chi connectivity index (χ3n) is 4.30. The highest BCUT2D eigenvalue weighted by atomic mass is 35.5. The van der Waals surface area contributed by atoms with Crippen molar-refractivity contribution in [1.29, 1.82) is 5.26 Å². The number of morpholine rings is 1. The second kappa shape index (κ2) is 9.25. The Bertz CT molecular complexity index is 1010. The summed E-state index contributed by atoms with van der Waals surface area (Å²) in [7, 11) is 0. The molecule has 4 rings (SSSR count). The maximum Gasteiger partial charge on any atom is 0.258 e. The molecule has 2 N–H and O–H groups in total. The standard InChI is InChI=1S/C19H17N7O2.ClH/c20-7-16-9-23-18(11-22-16)26-12-14(8-24-26)19(27)25-15-3-1-13(2-4-15)17-10-21-5-6-28-17;/h1-4,8-9,11-12,17,21H,5-6,10H2,(H,25,27);1H. The summed E-state index contributed by atoms with van der Waals surface area (Å²) in [6, 6.07) is 9.50. The summed E-state index contributed by atoms with van der Waals surface area (Å²) in [6.07, 6.45) is 5.81. The number of carbonyl (C=O) groups excluding carboxylic acids is 1. The van der Waals surface area contributed by atoms with Gasteiger partial charge in [0.05, 0.1) is 36.9 Å². The molecule has 10 heteroatoms. The van der Waals surface area contributed by atoms with Gasteiger partial charge >= 0.3 is 0 Å². The van der Waals surface area contributed by atoms with Crippen LogP contribution in [0.3, 0.4) is 0 Å². The summed E-state index contributed by atoms with van der Waals surface area (Å²) in [5, 5.41) is 19.0. The molecule has 1 unspecified atom stereocenters. The van der Waals surface area contributed by atoms with Gasteiger partial charge < -0.3 is 15.4 Å². The lowest BCUT2D eigenvalue weighted by Crippen LogP contribution is -2.33. The van der Waals surface area contributed by atoms with Crippen molar-refractivity contribution in [2.24, 2.45) is 0 Å². The number of hydrogen-bond acceptors (Lipinski definition) is 7. The lowest BCUT2D eigenvalue weighted by Gasteiger charge is -2.24. The average Bonchev–Trinajstić information content (AvgIpc) is 3.25. The Morgan fingerprint density at radius 1 is 1.24 bits per heavy atom. The third kappa shape index (κ3) is 4.75. The van der Waals surface area contributed by atoms with E-state index in [0.717, 1.165) is 18.7 Å². The Kier molecular flexibility index (Phi) is 6.51. The number of amides is 1. The highest BCUT2D eigenvalue weighted by molar-refractivity contribution is 6.03. The number of halogens is 1. The van der Waals surface area contributed by atoms with Gasteiger partial charge in [0, 0.05) is 25.0 Å². The Morgan fingerprint density at radius 3 is 2.72 bits per heavy atom. The van der Waals surface area contributed by atoms with E-state index in [4.69, 9.17) is 10.00 Å². The average molecular weight is 412 g/mol. The van der Waals surface area contributed by atoms with E-state index in [1.165, 1.54) is 23.3 Å². The fraction of sp³-hybridized carbons (Fsp3) is 0.211. The predicted octanol–water partition coefficient (Wildman–Crippen LogP) is 1.87. The number of ether oxygens (including phenoxy) is 1. The van der Waals surface area contributed by atoms with Crippen molar-refractivity contribution in [2.75, 3.05) is 25.0 Å². The molecular formula is C19H18ClN7O2. The number of aromatic nitrogens is 4. The number of benzene rings is 1. The van der Waals surface area contributed by atoms with Gasteiger partial charge in [-0.15, -0.1) is 12.4 Å². The topological polar surface area (TPSA) is 118 Å². The number of anilines is 1. The highest BCUT2D eigenvalue weighted by Crippen LogP contribution is 2.21. The van der Waals surface area contributed by atoms with Crippen molar-refractivity contribution in [2.45, 2.75) is 6.10 Å². The van der Waals surface area contributed by atoms with Crippen LogP contribution in [0, 0.1) is 11.3 Å². The second-order valence-electron chi connectivity index (χ2n) is 6.18. The Balaban J connectivity index is 0.00000240. The van der Waals surface area contributed by atoms with E-state index >= 15 is 0 Å². The smallest absolute Gasteiger partial charge is 0.258 e. The molecule has 1 aliphatic rings. The molecule has 0 aliphatic carbocycles. The summed E-state index contributed by atoms with van der Waals surface area (Å²) < 4.78 is 7.15. The number of nitrogens with zero attached hydrogens (tertiary/aromatic N) is 5. The van der Waals surface area contributed by atoms with Gasteiger partial charge in [-0.2, -0.15) is 10.4 Å². The molecule has 1 aromatic carbocycles. The van der Waals surface area contributed by atoms with E-state index in [0.29, 0.717) is 23.7 Å². The number of hydrogen-bond donors (Lipinski definition) is 2. The van der Waals surface area contributed by atoms with Crippen molar-refractivity contribution < 1.29 is 9.53 Å². The fourth-order valence-corrected chi connectivity index (χ4v) is 2.83. The molecule has 0 bridgehead atoms. The molecule has 3 aromatic rings. The van der Waals surface area contributed by atoms with E-state index in [-0.39, 0.29) is 30.1 Å². The zero-order chi connectivity index (χ0) is 19.3. The van der Waals surface area contributed by atoms with Gasteiger partial charge in [0.25, 0.3) is 5.91 Å². The first-order valence-corrected chi connectivity index (χ1v) is 8.74. The molecule has 0 saturated carbocycles. The van der Waals surface area contributed by atoms with Gasteiger partial charge in [0.15, 0.2) is 11.5 Å². The first kappa shape index (κ1) is 20.4. The van der Waals surface area contributed by atoms with E-state index in [9.17, 15) is 4.79 Å². The van der Waals surface area contributed by atoms with Crippen molar-refractivity contribution >= 4 is 24.0 Å². The molecule has 1 fully saturated rings. The van der Waals surface area contributed by atoms with Crippen LogP contribution in [0.1, 0.15) is 27.7 Å². The van der Waals surface area contributed by atoms with Crippen LogP contribution in [0.15, 0.2) is 49.1 Å². The molecule has 1 aliphatic heterocycles. The molecule has 0 radical (unpaired) electrons. The minimum atomic E-state index is -0.281. The summed E-state index contributed by atoms with van der Waals surface area (Å²) in [5.41, 5.74) is 2.35. The molecule has 0 spiro atoms. The van der Waals surface area contributed by atoms with Crippen LogP contribution < -0.4 is 10.6 Å². The quantitative estimate of drug-likeness (QED) is 0.672. The summed E-state index contributed by atoms with van der Waals surface area (Å²) in [4.78, 5) is 20.5. The van der Waals surface area contributed by atoms with Gasteiger partial charge in [-0.3, -0.25) is 4.79 Å². The SMILES string of the molecule is Cl.N#Cc1cnc(-n2cc(C(=O)Nc3ccc(C4CNCCO4)cc3)cn2)cn1. The first-order valence-electron chi connectivity index (χ1n) is 8.74. The van der Waals surface area contributed by atoms with Crippen molar-refractivity contribution in [1.82, 2.24) is 25.1 Å². The molecule has 29 heavy (non-hydrogen) atoms. The lowest BCUT2D eigenvalue weighted by molar-refractivity contribution is 0.0277. The number of rotatable bonds is 4. The molecule has 1 amide bonds. The van der Waals surface area contributed by atoms with E-state index < -0.39 is 0 Å². The summed E-state index contributed by atoms with van der Waals surface area (Å²) in [5.74, 6) is 0.139. The summed E-state index contributed by atoms with van der Waals surface area (Å²) >= 11 is 0. The minimum Gasteiger partial charge on any atom is -0.371 e. The molecule has 148 valence electrons. The minimum absolute atomic E-state index is 0. The van der Waals surface area contributed by atoms with Crippen molar-refractivity contribution in [3.8, 4) is 11.9 Å². The molecule has 2 aromatic heterocycles. The predicted molar refractivity (Wildman–Crippen MR) is 107 cm³/mol. The summed E-state index contributed by atoms with van der Waals surface area (Å²) in [6.45, 7) is 2.34. The number of nitriles is 1. The third-order valence-corrected chi connectivity index (χ3v) is 4.30. The Morgan fingerprint density at radius 2 is 2.07 bits per heavy atom. The van der Waals surface area contributed by atoms with Crippen LogP contribution in [0.5, 0.6) is 0 Å². The monoisotopic (exact) mass is 411 g/mol. The maximum atomic E-state index is 12.5. The van der Waals surface area contributed by atoms with Crippen LogP contribution in [0.4, 0.5) is 5.69 Å². The van der Waals surface area contributed by atoms with Crippen molar-refractivity contribution in [3.05, 3.63) is 65.9 Å². The molecule has 1 atom stereocenters. The second-order valence-corrected chi connectivity index (χ2v) is 6.18. The Labute approximate surface area is 173 Å². The maximum absolute atomic E-state index is 12.5. The molecule has 3 heterocycles. The van der Waals surface area contributed by atoms with Crippen molar-refractivity contribution in [3.63, 3.8) is 0 Å². The van der Waals surface area contributed by atoms with E-state index in [1.807, 2.05) is 30.3 Å².